The Bertz CT molecular complexity index is 572. The lowest BCUT2D eigenvalue weighted by molar-refractivity contribution is 0.00477. The summed E-state index contributed by atoms with van der Waals surface area (Å²) < 4.78 is 11.6. The van der Waals surface area contributed by atoms with Crippen LogP contribution < -0.4 is 0 Å². The van der Waals surface area contributed by atoms with Gasteiger partial charge in [0.15, 0.2) is 0 Å². The number of benzene rings is 1. The van der Waals surface area contributed by atoms with Crippen LogP contribution in [0.25, 0.3) is 0 Å². The van der Waals surface area contributed by atoms with Crippen molar-refractivity contribution in [2.45, 2.75) is 62.7 Å². The van der Waals surface area contributed by atoms with Crippen LogP contribution in [-0.2, 0) is 16.0 Å². The first-order valence-electron chi connectivity index (χ1n) is 8.63. The molecule has 5 heteroatoms. The summed E-state index contributed by atoms with van der Waals surface area (Å²) in [4.78, 5) is 15.1. The fraction of sp³-hybridized carbons (Fsp3) is 0.632. The minimum Gasteiger partial charge on any atom is -0.444 e. The molecule has 2 aliphatic rings. The summed E-state index contributed by atoms with van der Waals surface area (Å²) in [7, 11) is 0. The summed E-state index contributed by atoms with van der Waals surface area (Å²) in [5.74, 6) is 0.389. The number of amides is 1. The van der Waals surface area contributed by atoms with Crippen molar-refractivity contribution in [1.82, 2.24) is 4.90 Å². The second-order valence-corrected chi connectivity index (χ2v) is 8.96. The number of carbonyl (C=O) groups is 1. The van der Waals surface area contributed by atoms with E-state index in [9.17, 15) is 4.79 Å². The number of rotatable bonds is 3. The Hall–Kier alpha value is -1.07. The molecule has 1 saturated heterocycles. The topological polar surface area (TPSA) is 38.8 Å². The third-order valence-corrected chi connectivity index (χ3v) is 5.66. The van der Waals surface area contributed by atoms with Gasteiger partial charge in [-0.2, -0.15) is 0 Å². The number of halogens is 1. The molecule has 2 fully saturated rings. The van der Waals surface area contributed by atoms with E-state index in [4.69, 9.17) is 9.47 Å². The molecule has 0 spiro atoms. The first kappa shape index (κ1) is 17.7. The van der Waals surface area contributed by atoms with Crippen molar-refractivity contribution in [3.63, 3.8) is 0 Å². The zero-order valence-corrected chi connectivity index (χ0v) is 16.2. The summed E-state index contributed by atoms with van der Waals surface area (Å²) in [6, 6.07) is 10.3. The third kappa shape index (κ3) is 4.12. The normalized spacial score (nSPS) is 29.3. The van der Waals surface area contributed by atoms with Gasteiger partial charge in [0.05, 0.1) is 12.7 Å². The van der Waals surface area contributed by atoms with Crippen LogP contribution in [0.1, 0.15) is 39.2 Å². The van der Waals surface area contributed by atoms with Gasteiger partial charge in [-0.3, -0.25) is 0 Å². The number of ether oxygens (including phenoxy) is 2. The standard InChI is InChI=1S/C19H26BrNO3/c1-19(2,3)24-18(22)21(11-13-7-5-4-6-8-13)16-10-15(20)17-9-14(16)12-23-17/h4-8,14-17H,9-12H2,1-3H3/t14-,15-,16-,17-/m1/s1. The van der Waals surface area contributed by atoms with E-state index in [0.29, 0.717) is 17.3 Å². The summed E-state index contributed by atoms with van der Waals surface area (Å²) in [6.07, 6.45) is 1.96. The Morgan fingerprint density at radius 3 is 2.67 bits per heavy atom. The molecule has 0 radical (unpaired) electrons. The highest BCUT2D eigenvalue weighted by molar-refractivity contribution is 9.09. The maximum Gasteiger partial charge on any atom is 0.410 e. The Morgan fingerprint density at radius 1 is 1.29 bits per heavy atom. The van der Waals surface area contributed by atoms with Crippen molar-refractivity contribution in [2.24, 2.45) is 5.92 Å². The first-order chi connectivity index (χ1) is 11.3. The van der Waals surface area contributed by atoms with Crippen molar-refractivity contribution < 1.29 is 14.3 Å². The van der Waals surface area contributed by atoms with Gasteiger partial charge < -0.3 is 14.4 Å². The Kier molecular flexibility index (Phi) is 5.21. The van der Waals surface area contributed by atoms with Crippen LogP contribution in [0.15, 0.2) is 30.3 Å². The van der Waals surface area contributed by atoms with Crippen LogP contribution >= 0.6 is 15.9 Å². The molecular formula is C19H26BrNO3. The number of hydrogen-bond donors (Lipinski definition) is 0. The molecule has 1 aliphatic heterocycles. The second kappa shape index (κ2) is 7.04. The second-order valence-electron chi connectivity index (χ2n) is 7.78. The van der Waals surface area contributed by atoms with Gasteiger partial charge in [0.1, 0.15) is 5.60 Å². The fourth-order valence-corrected chi connectivity index (χ4v) is 4.33. The third-order valence-electron chi connectivity index (χ3n) is 4.70. The maximum absolute atomic E-state index is 12.9. The highest BCUT2D eigenvalue weighted by atomic mass is 79.9. The molecule has 1 heterocycles. The van der Waals surface area contributed by atoms with Gasteiger partial charge in [-0.25, -0.2) is 4.79 Å². The van der Waals surface area contributed by atoms with E-state index in [2.05, 4.69) is 28.1 Å². The van der Waals surface area contributed by atoms with Gasteiger partial charge in [-0.1, -0.05) is 46.3 Å². The van der Waals surface area contributed by atoms with Crippen LogP contribution in [0.3, 0.4) is 0 Å². The summed E-state index contributed by atoms with van der Waals surface area (Å²) in [6.45, 7) is 7.03. The molecule has 3 rings (SSSR count). The molecule has 1 amide bonds. The number of nitrogens with zero attached hydrogens (tertiary/aromatic N) is 1. The molecule has 1 aromatic carbocycles. The molecule has 2 bridgehead atoms. The Labute approximate surface area is 152 Å². The van der Waals surface area contributed by atoms with Crippen molar-refractivity contribution >= 4 is 22.0 Å². The fourth-order valence-electron chi connectivity index (χ4n) is 3.58. The van der Waals surface area contributed by atoms with E-state index in [1.807, 2.05) is 43.9 Å². The largest absolute Gasteiger partial charge is 0.444 e. The Balaban J connectivity index is 1.82. The number of alkyl halides is 1. The van der Waals surface area contributed by atoms with E-state index >= 15 is 0 Å². The predicted molar refractivity (Wildman–Crippen MR) is 97.2 cm³/mol. The molecule has 4 nitrogen and oxygen atoms in total. The van der Waals surface area contributed by atoms with Gasteiger partial charge in [0.25, 0.3) is 0 Å². The molecular weight excluding hydrogens is 370 g/mol. The van der Waals surface area contributed by atoms with Crippen LogP contribution in [0.4, 0.5) is 4.79 Å². The number of hydrogen-bond acceptors (Lipinski definition) is 3. The van der Waals surface area contributed by atoms with Crippen molar-refractivity contribution in [2.75, 3.05) is 6.61 Å². The molecule has 1 saturated carbocycles. The van der Waals surface area contributed by atoms with Gasteiger partial charge in [-0.15, -0.1) is 0 Å². The number of fused-ring (bicyclic) bond motifs is 2. The van der Waals surface area contributed by atoms with Crippen LogP contribution in [0, 0.1) is 5.92 Å². The lowest BCUT2D eigenvalue weighted by atomic mass is 9.84. The van der Waals surface area contributed by atoms with E-state index in [0.717, 1.165) is 25.0 Å². The van der Waals surface area contributed by atoms with E-state index in [-0.39, 0.29) is 18.2 Å². The smallest absolute Gasteiger partial charge is 0.410 e. The van der Waals surface area contributed by atoms with Gasteiger partial charge in [0.2, 0.25) is 0 Å². The van der Waals surface area contributed by atoms with E-state index < -0.39 is 5.60 Å². The minimum atomic E-state index is -0.497. The molecule has 1 aromatic rings. The van der Waals surface area contributed by atoms with Crippen molar-refractivity contribution in [3.05, 3.63) is 35.9 Å². The van der Waals surface area contributed by atoms with Gasteiger partial charge >= 0.3 is 6.09 Å². The average molecular weight is 396 g/mol. The van der Waals surface area contributed by atoms with Crippen molar-refractivity contribution in [1.29, 1.82) is 0 Å². The average Bonchev–Trinajstić information content (AvgIpc) is 2.94. The zero-order valence-electron chi connectivity index (χ0n) is 14.6. The van der Waals surface area contributed by atoms with Crippen LogP contribution in [0.2, 0.25) is 0 Å². The summed E-state index contributed by atoms with van der Waals surface area (Å²) in [5, 5.41) is 0. The molecule has 0 unspecified atom stereocenters. The van der Waals surface area contributed by atoms with E-state index in [1.54, 1.807) is 0 Å². The maximum atomic E-state index is 12.9. The zero-order chi connectivity index (χ0) is 17.3. The predicted octanol–water partition coefficient (Wildman–Crippen LogP) is 4.36. The SMILES string of the molecule is CC(C)(C)OC(=O)N(Cc1ccccc1)[C@@H]1C[C@@H](Br)[C@H]2C[C@@H]1CO2. The lowest BCUT2D eigenvalue weighted by Gasteiger charge is -2.39. The highest BCUT2D eigenvalue weighted by Crippen LogP contribution is 2.40. The molecule has 4 atom stereocenters. The summed E-state index contributed by atoms with van der Waals surface area (Å²) in [5.41, 5.74) is 0.624. The Morgan fingerprint density at radius 2 is 2.00 bits per heavy atom. The van der Waals surface area contributed by atoms with Gasteiger partial charge in [-0.05, 0) is 39.2 Å². The molecule has 132 valence electrons. The quantitative estimate of drug-likeness (QED) is 0.713. The lowest BCUT2D eigenvalue weighted by Crippen LogP contribution is -2.49. The summed E-state index contributed by atoms with van der Waals surface area (Å²) >= 11 is 3.74. The van der Waals surface area contributed by atoms with Crippen LogP contribution in [0.5, 0.6) is 0 Å². The van der Waals surface area contributed by atoms with Crippen molar-refractivity contribution in [3.8, 4) is 0 Å². The molecule has 0 N–H and O–H groups in total. The molecule has 1 aliphatic carbocycles. The van der Waals surface area contributed by atoms with Gasteiger partial charge in [0, 0.05) is 23.3 Å². The highest BCUT2D eigenvalue weighted by Gasteiger charge is 2.46. The minimum absolute atomic E-state index is 0.142. The first-order valence-corrected chi connectivity index (χ1v) is 9.54. The molecule has 24 heavy (non-hydrogen) atoms. The van der Waals surface area contributed by atoms with Crippen LogP contribution in [-0.4, -0.2) is 40.2 Å². The van der Waals surface area contributed by atoms with E-state index in [1.165, 1.54) is 0 Å². The monoisotopic (exact) mass is 395 g/mol. The number of carbonyl (C=O) groups excluding carboxylic acids is 1. The molecule has 0 aromatic heterocycles.